The van der Waals surface area contributed by atoms with Gasteiger partial charge in [0.25, 0.3) is 0 Å². The second-order valence-electron chi connectivity index (χ2n) is 8.57. The van der Waals surface area contributed by atoms with Crippen LogP contribution in [0.15, 0.2) is 30.3 Å². The number of rotatable bonds is 9. The minimum absolute atomic E-state index is 0.315. The number of aromatic nitrogens is 2. The molecule has 2 aromatic rings. The van der Waals surface area contributed by atoms with Gasteiger partial charge in [-0.1, -0.05) is 63.4 Å². The zero-order chi connectivity index (χ0) is 22.1. The zero-order valence-electron chi connectivity index (χ0n) is 19.6. The average molecular weight is 423 g/mol. The van der Waals surface area contributed by atoms with Crippen molar-refractivity contribution in [1.29, 1.82) is 0 Å². The maximum atomic E-state index is 12.7. The Bertz CT molecular complexity index is 837. The summed E-state index contributed by atoms with van der Waals surface area (Å²) in [7, 11) is 0. The van der Waals surface area contributed by atoms with E-state index in [9.17, 15) is 4.79 Å². The predicted molar refractivity (Wildman–Crippen MR) is 128 cm³/mol. The Hall–Kier alpha value is -2.43. The van der Waals surface area contributed by atoms with E-state index in [0.29, 0.717) is 12.3 Å². The molecule has 1 aliphatic rings. The molecule has 0 radical (unpaired) electrons. The molecule has 0 spiro atoms. The summed E-state index contributed by atoms with van der Waals surface area (Å²) in [5, 5.41) is 0. The van der Waals surface area contributed by atoms with Gasteiger partial charge in [-0.25, -0.2) is 9.97 Å². The summed E-state index contributed by atoms with van der Waals surface area (Å²) < 4.78 is 0. The molecule has 1 aliphatic heterocycles. The highest BCUT2D eigenvalue weighted by Gasteiger charge is 2.23. The van der Waals surface area contributed by atoms with Crippen LogP contribution in [0.5, 0.6) is 0 Å². The average Bonchev–Trinajstić information content (AvgIpc) is 3.04. The summed E-state index contributed by atoms with van der Waals surface area (Å²) in [6.07, 6.45) is 8.01. The van der Waals surface area contributed by atoms with Crippen LogP contribution in [0.3, 0.4) is 0 Å². The molecule has 5 heteroatoms. The van der Waals surface area contributed by atoms with Crippen LogP contribution in [0.25, 0.3) is 0 Å². The van der Waals surface area contributed by atoms with Gasteiger partial charge in [-0.3, -0.25) is 4.79 Å². The molecule has 0 unspecified atom stereocenters. The van der Waals surface area contributed by atoms with E-state index >= 15 is 0 Å². The summed E-state index contributed by atoms with van der Waals surface area (Å²) in [6, 6.07) is 10.6. The minimum Gasteiger partial charge on any atom is -0.354 e. The lowest BCUT2D eigenvalue weighted by atomic mass is 10.0. The monoisotopic (exact) mass is 422 g/mol. The van der Waals surface area contributed by atoms with Gasteiger partial charge < -0.3 is 9.80 Å². The summed E-state index contributed by atoms with van der Waals surface area (Å²) >= 11 is 0. The van der Waals surface area contributed by atoms with Crippen LogP contribution in [-0.4, -0.2) is 47.0 Å². The molecule has 5 nitrogen and oxygen atoms in total. The Balaban J connectivity index is 1.74. The second-order valence-corrected chi connectivity index (χ2v) is 8.57. The number of amides is 1. The maximum Gasteiger partial charge on any atom is 0.222 e. The molecule has 0 bridgehead atoms. The number of carbonyl (C=O) groups is 1. The maximum absolute atomic E-state index is 12.7. The van der Waals surface area contributed by atoms with Gasteiger partial charge in [-0.2, -0.15) is 0 Å². The van der Waals surface area contributed by atoms with Crippen LogP contribution in [-0.2, 0) is 17.6 Å². The SMILES string of the molecule is CCCCCCC(=O)N1CCCN(c2nc(C)nc(CC)c2Cc2ccccc2)CC1. The number of unbranched alkanes of at least 4 members (excludes halogenated alkanes) is 3. The molecule has 0 N–H and O–H groups in total. The highest BCUT2D eigenvalue weighted by molar-refractivity contribution is 5.76. The van der Waals surface area contributed by atoms with Crippen LogP contribution in [0.2, 0.25) is 0 Å². The number of carbonyl (C=O) groups excluding carboxylic acids is 1. The predicted octanol–water partition coefficient (Wildman–Crippen LogP) is 4.95. The lowest BCUT2D eigenvalue weighted by Crippen LogP contribution is -2.35. The smallest absolute Gasteiger partial charge is 0.222 e. The van der Waals surface area contributed by atoms with Crippen LogP contribution in [0.4, 0.5) is 5.82 Å². The third kappa shape index (κ3) is 6.52. The van der Waals surface area contributed by atoms with Gasteiger partial charge >= 0.3 is 0 Å². The third-order valence-electron chi connectivity index (χ3n) is 6.13. The quantitative estimate of drug-likeness (QED) is 0.537. The van der Waals surface area contributed by atoms with Crippen molar-refractivity contribution in [3.63, 3.8) is 0 Å². The van der Waals surface area contributed by atoms with E-state index in [-0.39, 0.29) is 0 Å². The number of nitrogens with zero attached hydrogens (tertiary/aromatic N) is 4. The molecule has 1 aromatic carbocycles. The van der Waals surface area contributed by atoms with Crippen molar-refractivity contribution in [2.45, 2.75) is 72.1 Å². The summed E-state index contributed by atoms with van der Waals surface area (Å²) in [6.45, 7) is 9.75. The van der Waals surface area contributed by atoms with Gasteiger partial charge in [0.15, 0.2) is 0 Å². The van der Waals surface area contributed by atoms with E-state index in [1.807, 2.05) is 6.92 Å². The molecule has 2 heterocycles. The van der Waals surface area contributed by atoms with Crippen LogP contribution < -0.4 is 4.90 Å². The minimum atomic E-state index is 0.315. The van der Waals surface area contributed by atoms with Crippen LogP contribution in [0.1, 0.15) is 75.0 Å². The molecule has 1 aromatic heterocycles. The van der Waals surface area contributed by atoms with Crippen molar-refractivity contribution in [2.24, 2.45) is 0 Å². The number of hydrogen-bond donors (Lipinski definition) is 0. The van der Waals surface area contributed by atoms with E-state index in [4.69, 9.17) is 9.97 Å². The normalized spacial score (nSPS) is 14.5. The largest absolute Gasteiger partial charge is 0.354 e. The summed E-state index contributed by atoms with van der Waals surface area (Å²) in [5.41, 5.74) is 3.66. The van der Waals surface area contributed by atoms with Gasteiger partial charge in [0.05, 0.1) is 0 Å². The van der Waals surface area contributed by atoms with Crippen molar-refractivity contribution < 1.29 is 4.79 Å². The van der Waals surface area contributed by atoms with Gasteiger partial charge in [0.2, 0.25) is 5.91 Å². The Labute approximate surface area is 187 Å². The van der Waals surface area contributed by atoms with Crippen molar-refractivity contribution in [2.75, 3.05) is 31.1 Å². The molecular formula is C26H38N4O. The number of benzene rings is 1. The molecule has 31 heavy (non-hydrogen) atoms. The van der Waals surface area contributed by atoms with Gasteiger partial charge in [-0.05, 0) is 31.7 Å². The molecule has 1 fully saturated rings. The van der Waals surface area contributed by atoms with E-state index in [2.05, 4.69) is 54.0 Å². The second kappa shape index (κ2) is 11.8. The van der Waals surface area contributed by atoms with Gasteiger partial charge in [0.1, 0.15) is 11.6 Å². The Morgan fingerprint density at radius 1 is 0.968 bits per heavy atom. The fraction of sp³-hybridized carbons (Fsp3) is 0.577. The third-order valence-corrected chi connectivity index (χ3v) is 6.13. The lowest BCUT2D eigenvalue weighted by Gasteiger charge is -2.26. The van der Waals surface area contributed by atoms with Gasteiger partial charge in [-0.15, -0.1) is 0 Å². The molecule has 1 saturated heterocycles. The first-order valence-corrected chi connectivity index (χ1v) is 12.0. The van der Waals surface area contributed by atoms with E-state index < -0.39 is 0 Å². The first-order chi connectivity index (χ1) is 15.1. The van der Waals surface area contributed by atoms with Crippen molar-refractivity contribution in [3.8, 4) is 0 Å². The Kier molecular flexibility index (Phi) is 8.86. The topological polar surface area (TPSA) is 49.3 Å². The van der Waals surface area contributed by atoms with E-state index in [0.717, 1.165) is 75.6 Å². The number of anilines is 1. The van der Waals surface area contributed by atoms with E-state index in [1.54, 1.807) is 0 Å². The lowest BCUT2D eigenvalue weighted by molar-refractivity contribution is -0.131. The van der Waals surface area contributed by atoms with Crippen molar-refractivity contribution >= 4 is 11.7 Å². The fourth-order valence-electron chi connectivity index (χ4n) is 4.41. The summed E-state index contributed by atoms with van der Waals surface area (Å²) in [5.74, 6) is 2.21. The first kappa shape index (κ1) is 23.2. The van der Waals surface area contributed by atoms with Crippen molar-refractivity contribution in [1.82, 2.24) is 14.9 Å². The highest BCUT2D eigenvalue weighted by Crippen LogP contribution is 2.26. The van der Waals surface area contributed by atoms with E-state index in [1.165, 1.54) is 24.0 Å². The number of aryl methyl sites for hydroxylation is 2. The molecule has 0 saturated carbocycles. The Morgan fingerprint density at radius 2 is 1.77 bits per heavy atom. The first-order valence-electron chi connectivity index (χ1n) is 12.0. The Morgan fingerprint density at radius 3 is 2.52 bits per heavy atom. The fourth-order valence-corrected chi connectivity index (χ4v) is 4.41. The van der Waals surface area contributed by atoms with Crippen LogP contribution >= 0.6 is 0 Å². The summed E-state index contributed by atoms with van der Waals surface area (Å²) in [4.78, 5) is 26.8. The molecular weight excluding hydrogens is 384 g/mol. The zero-order valence-corrected chi connectivity index (χ0v) is 19.6. The molecule has 1 amide bonds. The van der Waals surface area contributed by atoms with Gasteiger partial charge in [0, 0.05) is 50.3 Å². The molecule has 0 aliphatic carbocycles. The molecule has 3 rings (SSSR count). The number of hydrogen-bond acceptors (Lipinski definition) is 4. The molecule has 168 valence electrons. The molecule has 0 atom stereocenters. The highest BCUT2D eigenvalue weighted by atomic mass is 16.2. The van der Waals surface area contributed by atoms with Crippen molar-refractivity contribution in [3.05, 3.63) is 53.0 Å². The van der Waals surface area contributed by atoms with Crippen LogP contribution in [0, 0.1) is 6.92 Å². The standard InChI is InChI=1S/C26H38N4O/c1-4-6-7-11-15-25(31)29-16-12-17-30(19-18-29)26-23(20-22-13-9-8-10-14-22)24(5-2)27-21(3)28-26/h8-10,13-14H,4-7,11-12,15-20H2,1-3H3.